The van der Waals surface area contributed by atoms with Crippen molar-refractivity contribution in [3.8, 4) is 0 Å². The van der Waals surface area contributed by atoms with Gasteiger partial charge in [-0.2, -0.15) is 0 Å². The highest BCUT2D eigenvalue weighted by molar-refractivity contribution is 6.31. The fourth-order valence-corrected chi connectivity index (χ4v) is 4.70. The number of benzene rings is 3. The summed E-state index contributed by atoms with van der Waals surface area (Å²) in [7, 11) is 0. The summed E-state index contributed by atoms with van der Waals surface area (Å²) in [5.41, 5.74) is 3.79. The van der Waals surface area contributed by atoms with Crippen LogP contribution in [0.3, 0.4) is 0 Å². The number of nitrogens with zero attached hydrogens (tertiary/aromatic N) is 1. The Morgan fingerprint density at radius 2 is 1.70 bits per heavy atom. The van der Waals surface area contributed by atoms with Crippen LogP contribution in [-0.4, -0.2) is 17.4 Å². The molecule has 33 heavy (non-hydrogen) atoms. The fraction of sp³-hybridized carbons (Fsp3) is 0.214. The largest absolute Gasteiger partial charge is 0.450 e. The molecule has 0 radical (unpaired) electrons. The Morgan fingerprint density at radius 1 is 0.970 bits per heavy atom. The zero-order valence-corrected chi connectivity index (χ0v) is 19.3. The predicted molar refractivity (Wildman–Crippen MR) is 131 cm³/mol. The number of halogens is 1. The average molecular weight is 458 g/mol. The lowest BCUT2D eigenvalue weighted by Crippen LogP contribution is -2.31. The Morgan fingerprint density at radius 3 is 2.39 bits per heavy atom. The Hall–Kier alpha value is -3.37. The molecule has 0 aliphatic carbocycles. The van der Waals surface area contributed by atoms with Gasteiger partial charge >= 0.3 is 0 Å². The normalized spacial score (nSPS) is 15.5. The van der Waals surface area contributed by atoms with Crippen molar-refractivity contribution in [2.24, 2.45) is 0 Å². The maximum atomic E-state index is 13.6. The molecule has 0 fully saturated rings. The van der Waals surface area contributed by atoms with Gasteiger partial charge < -0.3 is 9.32 Å². The molecular formula is C28H24ClNO3. The van der Waals surface area contributed by atoms with E-state index in [4.69, 9.17) is 16.0 Å². The monoisotopic (exact) mass is 457 g/mol. The molecular weight excluding hydrogens is 434 g/mol. The minimum Gasteiger partial charge on any atom is -0.450 e. The second-order valence-electron chi connectivity index (χ2n) is 8.77. The summed E-state index contributed by atoms with van der Waals surface area (Å²) in [4.78, 5) is 28.9. The van der Waals surface area contributed by atoms with E-state index in [9.17, 15) is 9.59 Å². The molecule has 5 rings (SSSR count). The average Bonchev–Trinajstić information content (AvgIpc) is 3.10. The van der Waals surface area contributed by atoms with Crippen LogP contribution in [0.15, 0.2) is 82.0 Å². The van der Waals surface area contributed by atoms with Crippen LogP contribution in [0.5, 0.6) is 0 Å². The quantitative estimate of drug-likeness (QED) is 0.350. The van der Waals surface area contributed by atoms with Crippen molar-refractivity contribution in [1.82, 2.24) is 4.90 Å². The molecule has 1 aromatic heterocycles. The molecule has 0 N–H and O–H groups in total. The molecule has 3 aromatic carbocycles. The maximum absolute atomic E-state index is 13.6. The molecule has 0 bridgehead atoms. The molecule has 166 valence electrons. The van der Waals surface area contributed by atoms with Crippen LogP contribution >= 0.6 is 11.6 Å². The molecule has 1 unspecified atom stereocenters. The third kappa shape index (κ3) is 3.85. The van der Waals surface area contributed by atoms with Crippen LogP contribution in [0.1, 0.15) is 58.6 Å². The minimum atomic E-state index is -0.503. The molecule has 1 aliphatic rings. The van der Waals surface area contributed by atoms with Crippen molar-refractivity contribution >= 4 is 28.5 Å². The highest BCUT2D eigenvalue weighted by Crippen LogP contribution is 2.38. The zero-order chi connectivity index (χ0) is 23.1. The van der Waals surface area contributed by atoms with Crippen molar-refractivity contribution in [1.29, 1.82) is 0 Å². The maximum Gasteiger partial charge on any atom is 0.290 e. The molecule has 0 saturated carbocycles. The van der Waals surface area contributed by atoms with Crippen LogP contribution in [0.2, 0.25) is 5.02 Å². The van der Waals surface area contributed by atoms with Gasteiger partial charge in [-0.25, -0.2) is 0 Å². The summed E-state index contributed by atoms with van der Waals surface area (Å²) >= 11 is 6.16. The lowest BCUT2D eigenvalue weighted by molar-refractivity contribution is 0.0730. The van der Waals surface area contributed by atoms with Crippen LogP contribution < -0.4 is 5.43 Å². The highest BCUT2D eigenvalue weighted by Gasteiger charge is 2.42. The van der Waals surface area contributed by atoms with Crippen molar-refractivity contribution in [2.75, 3.05) is 6.54 Å². The summed E-state index contributed by atoms with van der Waals surface area (Å²) in [6, 6.07) is 22.6. The summed E-state index contributed by atoms with van der Waals surface area (Å²) in [5, 5.41) is 0.848. The number of hydrogen-bond donors (Lipinski definition) is 0. The standard InChI is InChI=1S/C28H24ClNO3/c1-17(2)19-8-10-20(11-9-19)25-24-26(31)22-16-21(29)12-13-23(22)33-27(24)28(32)30(25)15-14-18-6-4-3-5-7-18/h3-13,16-17,25H,14-15H2,1-2H3. The molecule has 2 heterocycles. The van der Waals surface area contributed by atoms with E-state index in [0.29, 0.717) is 40.4 Å². The van der Waals surface area contributed by atoms with Crippen molar-refractivity contribution in [3.05, 3.63) is 116 Å². The van der Waals surface area contributed by atoms with E-state index in [0.717, 1.165) is 11.1 Å². The van der Waals surface area contributed by atoms with Gasteiger partial charge in [0.1, 0.15) is 5.58 Å². The van der Waals surface area contributed by atoms with Crippen molar-refractivity contribution < 1.29 is 9.21 Å². The van der Waals surface area contributed by atoms with E-state index in [-0.39, 0.29) is 17.1 Å². The first-order chi connectivity index (χ1) is 15.9. The van der Waals surface area contributed by atoms with Gasteiger partial charge in [0.05, 0.1) is 17.0 Å². The Balaban J connectivity index is 1.64. The Labute approximate surface area is 197 Å². The molecule has 4 aromatic rings. The van der Waals surface area contributed by atoms with Crippen LogP contribution in [0.25, 0.3) is 11.0 Å². The second kappa shape index (κ2) is 8.53. The first-order valence-electron chi connectivity index (χ1n) is 11.1. The van der Waals surface area contributed by atoms with Crippen molar-refractivity contribution in [2.45, 2.75) is 32.2 Å². The number of carbonyl (C=O) groups is 1. The van der Waals surface area contributed by atoms with Gasteiger partial charge in [-0.15, -0.1) is 0 Å². The highest BCUT2D eigenvalue weighted by atomic mass is 35.5. The van der Waals surface area contributed by atoms with Gasteiger partial charge in [-0.1, -0.05) is 80.0 Å². The van der Waals surface area contributed by atoms with E-state index in [1.165, 1.54) is 5.56 Å². The SMILES string of the molecule is CC(C)c1ccc(C2c3c(oc4ccc(Cl)cc4c3=O)C(=O)N2CCc2ccccc2)cc1. The van der Waals surface area contributed by atoms with E-state index >= 15 is 0 Å². The van der Waals surface area contributed by atoms with E-state index < -0.39 is 6.04 Å². The topological polar surface area (TPSA) is 50.5 Å². The Kier molecular flexibility index (Phi) is 5.55. The smallest absolute Gasteiger partial charge is 0.290 e. The van der Waals surface area contributed by atoms with Crippen LogP contribution in [0.4, 0.5) is 0 Å². The van der Waals surface area contributed by atoms with Gasteiger partial charge in [0.2, 0.25) is 5.76 Å². The van der Waals surface area contributed by atoms with Gasteiger partial charge in [0.25, 0.3) is 5.91 Å². The number of rotatable bonds is 5. The van der Waals surface area contributed by atoms with E-state index in [2.05, 4.69) is 26.0 Å². The third-order valence-corrected chi connectivity index (χ3v) is 6.57. The summed E-state index contributed by atoms with van der Waals surface area (Å²) in [6.45, 7) is 4.75. The molecule has 1 atom stereocenters. The summed E-state index contributed by atoms with van der Waals surface area (Å²) in [5.74, 6) is 0.260. The third-order valence-electron chi connectivity index (χ3n) is 6.33. The number of hydrogen-bond acceptors (Lipinski definition) is 3. The van der Waals surface area contributed by atoms with E-state index in [1.54, 1.807) is 23.1 Å². The number of fused-ring (bicyclic) bond motifs is 2. The number of amides is 1. The Bertz CT molecular complexity index is 1390. The van der Waals surface area contributed by atoms with Crippen LogP contribution in [0, 0.1) is 0 Å². The molecule has 5 heteroatoms. The molecule has 1 aliphatic heterocycles. The molecule has 1 amide bonds. The van der Waals surface area contributed by atoms with Gasteiger partial charge in [-0.05, 0) is 47.2 Å². The minimum absolute atomic E-state index is 0.126. The first-order valence-corrected chi connectivity index (χ1v) is 11.5. The molecule has 0 spiro atoms. The van der Waals surface area contributed by atoms with Crippen LogP contribution in [-0.2, 0) is 6.42 Å². The first kappa shape index (κ1) is 21.5. The molecule has 0 saturated heterocycles. The number of carbonyl (C=O) groups excluding carboxylic acids is 1. The van der Waals surface area contributed by atoms with Gasteiger partial charge in [-0.3, -0.25) is 9.59 Å². The summed E-state index contributed by atoms with van der Waals surface area (Å²) < 4.78 is 6.00. The fourth-order valence-electron chi connectivity index (χ4n) is 4.53. The second-order valence-corrected chi connectivity index (χ2v) is 9.21. The van der Waals surface area contributed by atoms with Gasteiger partial charge in [0.15, 0.2) is 5.43 Å². The summed E-state index contributed by atoms with van der Waals surface area (Å²) in [6.07, 6.45) is 0.681. The lowest BCUT2D eigenvalue weighted by atomic mass is 9.95. The lowest BCUT2D eigenvalue weighted by Gasteiger charge is -2.25. The van der Waals surface area contributed by atoms with Crippen molar-refractivity contribution in [3.63, 3.8) is 0 Å². The molecule has 4 nitrogen and oxygen atoms in total. The zero-order valence-electron chi connectivity index (χ0n) is 18.5. The van der Waals surface area contributed by atoms with E-state index in [1.807, 2.05) is 42.5 Å². The predicted octanol–water partition coefficient (Wildman–Crippen LogP) is 6.36. The van der Waals surface area contributed by atoms with Gasteiger partial charge in [0, 0.05) is 11.6 Å².